The van der Waals surface area contributed by atoms with Crippen molar-refractivity contribution in [1.82, 2.24) is 9.97 Å². The molecule has 1 aliphatic carbocycles. The van der Waals surface area contributed by atoms with E-state index in [2.05, 4.69) is 61.9 Å². The molecule has 4 rings (SSSR count). The highest BCUT2D eigenvalue weighted by atomic mass is 16.5. The first-order valence-electron chi connectivity index (χ1n) is 11.5. The molecule has 4 heteroatoms. The van der Waals surface area contributed by atoms with E-state index in [4.69, 9.17) is 4.74 Å². The second-order valence-corrected chi connectivity index (χ2v) is 10.2. The maximum absolute atomic E-state index is 11.7. The lowest BCUT2D eigenvalue weighted by Crippen LogP contribution is -2.34. The highest BCUT2D eigenvalue weighted by Crippen LogP contribution is 2.46. The number of carbonyl (C=O) groups excluding carboxylic acids is 1. The van der Waals surface area contributed by atoms with Gasteiger partial charge in [0.1, 0.15) is 5.82 Å². The molecule has 0 unspecified atom stereocenters. The maximum Gasteiger partial charge on any atom is 0.337 e. The quantitative estimate of drug-likeness (QED) is 0.341. The summed E-state index contributed by atoms with van der Waals surface area (Å²) in [6, 6.07) is 14.1. The van der Waals surface area contributed by atoms with Crippen molar-refractivity contribution in [3.05, 3.63) is 94.1 Å². The normalized spacial score (nSPS) is 16.4. The zero-order chi connectivity index (χ0) is 23.6. The Bertz CT molecular complexity index is 1180. The Morgan fingerprint density at radius 1 is 0.939 bits per heavy atom. The maximum atomic E-state index is 11.7. The van der Waals surface area contributed by atoms with Crippen LogP contribution in [0.3, 0.4) is 0 Å². The van der Waals surface area contributed by atoms with Crippen LogP contribution in [0, 0.1) is 0 Å². The van der Waals surface area contributed by atoms with Crippen molar-refractivity contribution in [3.63, 3.8) is 0 Å². The van der Waals surface area contributed by atoms with Crippen molar-refractivity contribution >= 4 is 18.1 Å². The van der Waals surface area contributed by atoms with Crippen molar-refractivity contribution < 1.29 is 9.53 Å². The SMILES string of the molecule is COC(=O)c1ccc(C=Cc2cc3c(cc2Cc2ncccn2)C(C)(C)CCC3(C)C)cc1. The summed E-state index contributed by atoms with van der Waals surface area (Å²) < 4.78 is 4.80. The van der Waals surface area contributed by atoms with Gasteiger partial charge in [-0.05, 0) is 69.7 Å². The molecule has 0 amide bonds. The molecule has 33 heavy (non-hydrogen) atoms. The minimum absolute atomic E-state index is 0.136. The number of benzene rings is 2. The third-order valence-electron chi connectivity index (χ3n) is 6.87. The van der Waals surface area contributed by atoms with E-state index in [1.807, 2.05) is 18.2 Å². The molecule has 0 bridgehead atoms. The van der Waals surface area contributed by atoms with Gasteiger partial charge in [-0.15, -0.1) is 0 Å². The highest BCUT2D eigenvalue weighted by Gasteiger charge is 2.37. The Hall–Kier alpha value is -3.27. The van der Waals surface area contributed by atoms with Crippen LogP contribution in [-0.2, 0) is 22.0 Å². The lowest BCUT2D eigenvalue weighted by Gasteiger charge is -2.42. The molecule has 3 aromatic rings. The van der Waals surface area contributed by atoms with Crippen molar-refractivity contribution in [3.8, 4) is 0 Å². The smallest absolute Gasteiger partial charge is 0.337 e. The summed E-state index contributed by atoms with van der Waals surface area (Å²) in [5.41, 5.74) is 7.13. The molecule has 1 aliphatic rings. The van der Waals surface area contributed by atoms with Gasteiger partial charge in [-0.1, -0.05) is 64.1 Å². The van der Waals surface area contributed by atoms with E-state index < -0.39 is 0 Å². The van der Waals surface area contributed by atoms with Gasteiger partial charge in [-0.2, -0.15) is 0 Å². The fourth-order valence-corrected chi connectivity index (χ4v) is 4.61. The number of fused-ring (bicyclic) bond motifs is 1. The number of hydrogen-bond acceptors (Lipinski definition) is 4. The largest absolute Gasteiger partial charge is 0.465 e. The minimum Gasteiger partial charge on any atom is -0.465 e. The number of nitrogens with zero attached hydrogens (tertiary/aromatic N) is 2. The van der Waals surface area contributed by atoms with Gasteiger partial charge >= 0.3 is 5.97 Å². The van der Waals surface area contributed by atoms with Gasteiger partial charge in [0.25, 0.3) is 0 Å². The molecule has 0 atom stereocenters. The molecular weight excluding hydrogens is 408 g/mol. The molecule has 1 heterocycles. The molecule has 0 N–H and O–H groups in total. The standard InChI is InChI=1S/C29H32N2O2/c1-28(2)13-14-29(3,4)25-18-23(19-26-30-15-6-16-31-26)22(17-24(25)28)12-9-20-7-10-21(11-8-20)27(32)33-5/h6-12,15-18H,13-14,19H2,1-5H3. The van der Waals surface area contributed by atoms with Crippen LogP contribution >= 0.6 is 0 Å². The van der Waals surface area contributed by atoms with E-state index in [9.17, 15) is 4.79 Å². The topological polar surface area (TPSA) is 52.1 Å². The molecule has 0 spiro atoms. The summed E-state index contributed by atoms with van der Waals surface area (Å²) in [7, 11) is 1.40. The molecule has 0 fully saturated rings. The van der Waals surface area contributed by atoms with Gasteiger partial charge in [0.15, 0.2) is 0 Å². The Kier molecular flexibility index (Phi) is 6.20. The Morgan fingerprint density at radius 2 is 1.55 bits per heavy atom. The van der Waals surface area contributed by atoms with Crippen LogP contribution in [-0.4, -0.2) is 23.0 Å². The summed E-state index contributed by atoms with van der Waals surface area (Å²) in [6.07, 6.45) is 10.9. The van der Waals surface area contributed by atoms with Gasteiger partial charge in [0.2, 0.25) is 0 Å². The Balaban J connectivity index is 1.76. The van der Waals surface area contributed by atoms with Crippen LogP contribution in [0.4, 0.5) is 0 Å². The number of rotatable bonds is 5. The number of hydrogen-bond donors (Lipinski definition) is 0. The van der Waals surface area contributed by atoms with Crippen molar-refractivity contribution in [2.45, 2.75) is 57.8 Å². The Morgan fingerprint density at radius 3 is 2.15 bits per heavy atom. The van der Waals surface area contributed by atoms with Gasteiger partial charge in [0, 0.05) is 18.8 Å². The highest BCUT2D eigenvalue weighted by molar-refractivity contribution is 5.89. The molecular formula is C29H32N2O2. The van der Waals surface area contributed by atoms with Gasteiger partial charge in [0.05, 0.1) is 12.7 Å². The molecule has 0 saturated carbocycles. The van der Waals surface area contributed by atoms with Gasteiger partial charge in [-0.3, -0.25) is 0 Å². The average Bonchev–Trinajstić information content (AvgIpc) is 2.81. The van der Waals surface area contributed by atoms with Gasteiger partial charge < -0.3 is 4.74 Å². The average molecular weight is 441 g/mol. The molecule has 170 valence electrons. The van der Waals surface area contributed by atoms with E-state index in [0.717, 1.165) is 11.4 Å². The van der Waals surface area contributed by atoms with Crippen LogP contribution in [0.25, 0.3) is 12.2 Å². The second-order valence-electron chi connectivity index (χ2n) is 10.2. The zero-order valence-electron chi connectivity index (χ0n) is 20.2. The number of ether oxygens (including phenoxy) is 1. The van der Waals surface area contributed by atoms with Crippen molar-refractivity contribution in [1.29, 1.82) is 0 Å². The summed E-state index contributed by atoms with van der Waals surface area (Å²) in [5.74, 6) is 0.498. The summed E-state index contributed by atoms with van der Waals surface area (Å²) in [4.78, 5) is 20.7. The van der Waals surface area contributed by atoms with Crippen LogP contribution in [0.15, 0.2) is 54.9 Å². The van der Waals surface area contributed by atoms with E-state index in [1.54, 1.807) is 24.5 Å². The van der Waals surface area contributed by atoms with Crippen LogP contribution in [0.5, 0.6) is 0 Å². The first-order valence-corrected chi connectivity index (χ1v) is 11.5. The van der Waals surface area contributed by atoms with E-state index in [1.165, 1.54) is 42.2 Å². The minimum atomic E-state index is -0.324. The number of aromatic nitrogens is 2. The van der Waals surface area contributed by atoms with Crippen LogP contribution in [0.1, 0.15) is 84.5 Å². The summed E-state index contributed by atoms with van der Waals surface area (Å²) >= 11 is 0. The first-order chi connectivity index (χ1) is 15.7. The number of esters is 1. The zero-order valence-corrected chi connectivity index (χ0v) is 20.2. The summed E-state index contributed by atoms with van der Waals surface area (Å²) in [6.45, 7) is 9.39. The van der Waals surface area contributed by atoms with Crippen molar-refractivity contribution in [2.75, 3.05) is 7.11 Å². The molecule has 0 aliphatic heterocycles. The fourth-order valence-electron chi connectivity index (χ4n) is 4.61. The number of carbonyl (C=O) groups is 1. The van der Waals surface area contributed by atoms with E-state index in [0.29, 0.717) is 12.0 Å². The van der Waals surface area contributed by atoms with E-state index in [-0.39, 0.29) is 16.8 Å². The Labute approximate surface area is 196 Å². The first kappa shape index (κ1) is 22.9. The lowest BCUT2D eigenvalue weighted by atomic mass is 9.62. The lowest BCUT2D eigenvalue weighted by molar-refractivity contribution is 0.0600. The predicted molar refractivity (Wildman–Crippen MR) is 133 cm³/mol. The second kappa shape index (κ2) is 8.93. The predicted octanol–water partition coefficient (Wildman–Crippen LogP) is 6.37. The molecule has 4 nitrogen and oxygen atoms in total. The fraction of sp³-hybridized carbons (Fsp3) is 0.345. The van der Waals surface area contributed by atoms with E-state index >= 15 is 0 Å². The van der Waals surface area contributed by atoms with Gasteiger partial charge in [-0.25, -0.2) is 14.8 Å². The molecule has 0 radical (unpaired) electrons. The molecule has 0 saturated heterocycles. The molecule has 1 aromatic heterocycles. The monoisotopic (exact) mass is 440 g/mol. The third kappa shape index (κ3) is 4.90. The van der Waals surface area contributed by atoms with Crippen molar-refractivity contribution in [2.24, 2.45) is 0 Å². The third-order valence-corrected chi connectivity index (χ3v) is 6.87. The molecule has 2 aromatic carbocycles. The van der Waals surface area contributed by atoms with Crippen LogP contribution in [0.2, 0.25) is 0 Å². The number of methoxy groups -OCH3 is 1. The van der Waals surface area contributed by atoms with Crippen LogP contribution < -0.4 is 0 Å². The summed E-state index contributed by atoms with van der Waals surface area (Å²) in [5, 5.41) is 0.